The zero-order chi connectivity index (χ0) is 24.6. The predicted molar refractivity (Wildman–Crippen MR) is 138 cm³/mol. The summed E-state index contributed by atoms with van der Waals surface area (Å²) in [6.45, 7) is 7.21. The van der Waals surface area contributed by atoms with Crippen LogP contribution in [0, 0.1) is 5.92 Å². The fourth-order valence-electron chi connectivity index (χ4n) is 4.37. The highest BCUT2D eigenvalue weighted by Gasteiger charge is 2.27. The summed E-state index contributed by atoms with van der Waals surface area (Å²) in [7, 11) is 1.67. The van der Waals surface area contributed by atoms with Gasteiger partial charge in [-0.2, -0.15) is 0 Å². The molecule has 0 spiro atoms. The van der Waals surface area contributed by atoms with Gasteiger partial charge in [0.05, 0.1) is 11.9 Å². The number of carbonyl (C=O) groups is 1. The number of carbonyl (C=O) groups excluding carboxylic acids is 1. The lowest BCUT2D eigenvalue weighted by Gasteiger charge is -2.32. The molecule has 1 fully saturated rings. The Hall–Kier alpha value is -2.84. The molecular weight excluding hydrogens is 460 g/mol. The number of rotatable bonds is 10. The van der Waals surface area contributed by atoms with E-state index in [9.17, 15) is 4.79 Å². The summed E-state index contributed by atoms with van der Waals surface area (Å²) >= 11 is 1.45. The molecule has 0 bridgehead atoms. The number of hydrogen-bond acceptors (Lipinski definition) is 6. The Labute approximate surface area is 211 Å². The van der Waals surface area contributed by atoms with Crippen LogP contribution in [0.3, 0.4) is 0 Å². The first kappa shape index (κ1) is 25.3. The fraction of sp³-hybridized carbons (Fsp3) is 0.444. The summed E-state index contributed by atoms with van der Waals surface area (Å²) in [6, 6.07) is 18.2. The number of amides is 1. The minimum atomic E-state index is -0.238. The lowest BCUT2D eigenvalue weighted by Crippen LogP contribution is -2.42. The molecule has 2 heterocycles. The van der Waals surface area contributed by atoms with Gasteiger partial charge >= 0.3 is 0 Å². The molecular formula is C27H34N4O3S. The van der Waals surface area contributed by atoms with Gasteiger partial charge in [0.1, 0.15) is 12.4 Å². The lowest BCUT2D eigenvalue weighted by atomic mass is 10.0. The molecule has 35 heavy (non-hydrogen) atoms. The molecule has 1 amide bonds. The Bertz CT molecular complexity index is 1100. The molecule has 0 aliphatic carbocycles. The first-order valence-electron chi connectivity index (χ1n) is 12.2. The van der Waals surface area contributed by atoms with E-state index in [1.54, 1.807) is 7.11 Å². The summed E-state index contributed by atoms with van der Waals surface area (Å²) < 4.78 is 13.5. The van der Waals surface area contributed by atoms with Crippen molar-refractivity contribution in [3.05, 3.63) is 60.4 Å². The molecule has 2 aromatic carbocycles. The van der Waals surface area contributed by atoms with Gasteiger partial charge in [-0.25, -0.2) is 0 Å². The van der Waals surface area contributed by atoms with E-state index in [2.05, 4.69) is 35.3 Å². The largest absolute Gasteiger partial charge is 0.485 e. The van der Waals surface area contributed by atoms with Crippen LogP contribution in [-0.4, -0.2) is 57.6 Å². The van der Waals surface area contributed by atoms with Crippen molar-refractivity contribution in [2.75, 3.05) is 26.8 Å². The van der Waals surface area contributed by atoms with E-state index >= 15 is 0 Å². The summed E-state index contributed by atoms with van der Waals surface area (Å²) in [5, 5.41) is 9.30. The van der Waals surface area contributed by atoms with Crippen LogP contribution in [0.5, 0.6) is 5.75 Å². The molecule has 0 N–H and O–H groups in total. The molecule has 4 rings (SSSR count). The SMILES string of the molecule is COCCn1c(COc2ccccc2-c2ccccc2)nnc1S[C@@H](C)C(=O)N1CCC[C@H](C)C1. The highest BCUT2D eigenvalue weighted by atomic mass is 32.2. The fourth-order valence-corrected chi connectivity index (χ4v) is 5.34. The number of aromatic nitrogens is 3. The Kier molecular flexibility index (Phi) is 8.82. The average Bonchev–Trinajstić information content (AvgIpc) is 3.27. The number of ether oxygens (including phenoxy) is 2. The van der Waals surface area contributed by atoms with Gasteiger partial charge in [-0.1, -0.05) is 67.2 Å². The number of likely N-dealkylation sites (tertiary alicyclic amines) is 1. The van der Waals surface area contributed by atoms with E-state index in [4.69, 9.17) is 9.47 Å². The molecule has 186 valence electrons. The quantitative estimate of drug-likeness (QED) is 0.373. The molecule has 0 radical (unpaired) electrons. The molecule has 3 aromatic rings. The minimum Gasteiger partial charge on any atom is -0.485 e. The number of benzene rings is 2. The van der Waals surface area contributed by atoms with Crippen LogP contribution in [0.15, 0.2) is 59.8 Å². The third-order valence-electron chi connectivity index (χ3n) is 6.24. The van der Waals surface area contributed by atoms with Crippen molar-refractivity contribution in [2.24, 2.45) is 5.92 Å². The lowest BCUT2D eigenvalue weighted by molar-refractivity contribution is -0.132. The van der Waals surface area contributed by atoms with E-state index in [0.29, 0.717) is 30.1 Å². The number of thioether (sulfide) groups is 1. The number of hydrogen-bond donors (Lipinski definition) is 0. The maximum atomic E-state index is 13.1. The second-order valence-electron chi connectivity index (χ2n) is 8.99. The smallest absolute Gasteiger partial charge is 0.235 e. The van der Waals surface area contributed by atoms with Crippen molar-refractivity contribution in [3.63, 3.8) is 0 Å². The maximum absolute atomic E-state index is 13.1. The van der Waals surface area contributed by atoms with E-state index < -0.39 is 0 Å². The number of piperidine rings is 1. The van der Waals surface area contributed by atoms with Crippen molar-refractivity contribution in [3.8, 4) is 16.9 Å². The average molecular weight is 495 g/mol. The van der Waals surface area contributed by atoms with Gasteiger partial charge < -0.3 is 18.9 Å². The Morgan fingerprint density at radius 1 is 1.14 bits per heavy atom. The third kappa shape index (κ3) is 6.44. The first-order chi connectivity index (χ1) is 17.1. The van der Waals surface area contributed by atoms with Crippen LogP contribution < -0.4 is 4.74 Å². The molecule has 0 saturated carbocycles. The molecule has 1 aliphatic heterocycles. The van der Waals surface area contributed by atoms with Crippen LogP contribution >= 0.6 is 11.8 Å². The highest BCUT2D eigenvalue weighted by Crippen LogP contribution is 2.31. The van der Waals surface area contributed by atoms with Crippen LogP contribution in [-0.2, 0) is 22.7 Å². The second-order valence-corrected chi connectivity index (χ2v) is 10.3. The minimum absolute atomic E-state index is 0.164. The first-order valence-corrected chi connectivity index (χ1v) is 13.1. The van der Waals surface area contributed by atoms with Crippen molar-refractivity contribution in [2.45, 2.75) is 50.2 Å². The second kappa shape index (κ2) is 12.2. The Morgan fingerprint density at radius 3 is 2.69 bits per heavy atom. The molecule has 0 unspecified atom stereocenters. The van der Waals surface area contributed by atoms with Gasteiger partial charge in [-0.15, -0.1) is 10.2 Å². The monoisotopic (exact) mass is 494 g/mol. The molecule has 1 aliphatic rings. The van der Waals surface area contributed by atoms with Crippen molar-refractivity contribution >= 4 is 17.7 Å². The predicted octanol–water partition coefficient (Wildman–Crippen LogP) is 4.91. The third-order valence-corrected chi connectivity index (χ3v) is 7.31. The van der Waals surface area contributed by atoms with Gasteiger partial charge in [-0.05, 0) is 37.3 Å². The van der Waals surface area contributed by atoms with E-state index in [1.807, 2.05) is 52.8 Å². The zero-order valence-corrected chi connectivity index (χ0v) is 21.5. The Morgan fingerprint density at radius 2 is 1.91 bits per heavy atom. The Balaban J connectivity index is 1.48. The normalized spacial score (nSPS) is 16.8. The molecule has 7 nitrogen and oxygen atoms in total. The maximum Gasteiger partial charge on any atom is 0.235 e. The van der Waals surface area contributed by atoms with Crippen molar-refractivity contribution < 1.29 is 14.3 Å². The van der Waals surface area contributed by atoms with Gasteiger partial charge in [0.25, 0.3) is 0 Å². The topological polar surface area (TPSA) is 69.5 Å². The standard InChI is InChI=1S/C27H34N4O3S/c1-20-10-9-15-30(18-20)26(32)21(2)35-27-29-28-25(31(27)16-17-33-3)19-34-24-14-8-7-13-23(24)22-11-5-4-6-12-22/h4-8,11-14,20-21H,9-10,15-19H2,1-3H3/t20-,21-/m0/s1. The van der Waals surface area contributed by atoms with Crippen LogP contribution in [0.1, 0.15) is 32.5 Å². The summed E-state index contributed by atoms with van der Waals surface area (Å²) in [6.07, 6.45) is 2.26. The highest BCUT2D eigenvalue weighted by molar-refractivity contribution is 8.00. The number of nitrogens with zero attached hydrogens (tertiary/aromatic N) is 4. The van der Waals surface area contributed by atoms with Gasteiger partial charge in [0.2, 0.25) is 5.91 Å². The number of para-hydroxylation sites is 1. The van der Waals surface area contributed by atoms with Crippen LogP contribution in [0.2, 0.25) is 0 Å². The number of methoxy groups -OCH3 is 1. The van der Waals surface area contributed by atoms with Gasteiger partial charge in [-0.3, -0.25) is 4.79 Å². The van der Waals surface area contributed by atoms with Crippen LogP contribution in [0.25, 0.3) is 11.1 Å². The zero-order valence-electron chi connectivity index (χ0n) is 20.7. The molecule has 1 saturated heterocycles. The van der Waals surface area contributed by atoms with Crippen molar-refractivity contribution in [1.29, 1.82) is 0 Å². The van der Waals surface area contributed by atoms with Crippen LogP contribution in [0.4, 0.5) is 0 Å². The summed E-state index contributed by atoms with van der Waals surface area (Å²) in [5.74, 6) is 2.21. The van der Waals surface area contributed by atoms with Crippen molar-refractivity contribution in [1.82, 2.24) is 19.7 Å². The molecule has 8 heteroatoms. The molecule has 1 aromatic heterocycles. The summed E-state index contributed by atoms with van der Waals surface area (Å²) in [4.78, 5) is 15.1. The molecule has 2 atom stereocenters. The van der Waals surface area contributed by atoms with Gasteiger partial charge in [0.15, 0.2) is 11.0 Å². The van der Waals surface area contributed by atoms with E-state index in [1.165, 1.54) is 18.2 Å². The summed E-state index contributed by atoms with van der Waals surface area (Å²) in [5.41, 5.74) is 2.13. The van der Waals surface area contributed by atoms with Gasteiger partial charge in [0, 0.05) is 32.3 Å². The van der Waals surface area contributed by atoms with E-state index in [-0.39, 0.29) is 17.8 Å². The van der Waals surface area contributed by atoms with E-state index in [0.717, 1.165) is 36.4 Å².